The van der Waals surface area contributed by atoms with E-state index in [0.717, 1.165) is 6.42 Å². The highest BCUT2D eigenvalue weighted by molar-refractivity contribution is 5.59. The van der Waals surface area contributed by atoms with Crippen molar-refractivity contribution < 1.29 is 0 Å². The summed E-state index contributed by atoms with van der Waals surface area (Å²) in [7, 11) is 0. The SMILES string of the molecule is CC.CC.CC.CC.CC.CC.CC(c1ccccc1)(c1ccccc1)c1ccccc1.CC1(c2ccccc2)c2ccccc2Cc2ccccc21. The number of benzene rings is 6. The van der Waals surface area contributed by atoms with Gasteiger partial charge in [-0.15, -0.1) is 0 Å². The molecule has 0 aliphatic heterocycles. The van der Waals surface area contributed by atoms with Crippen molar-refractivity contribution in [1.29, 1.82) is 0 Å². The zero-order valence-corrected chi connectivity index (χ0v) is 35.9. The van der Waals surface area contributed by atoms with Crippen LogP contribution in [0.25, 0.3) is 0 Å². The molecule has 0 atom stereocenters. The first-order chi connectivity index (χ1) is 26.1. The van der Waals surface area contributed by atoms with E-state index in [2.05, 4.69) is 184 Å². The highest BCUT2D eigenvalue weighted by Crippen LogP contribution is 2.45. The Labute approximate surface area is 327 Å². The van der Waals surface area contributed by atoms with Crippen LogP contribution in [0.1, 0.15) is 141 Å². The second-order valence-electron chi connectivity index (χ2n) is 11.2. The number of hydrogen-bond acceptors (Lipinski definition) is 0. The molecule has 0 aromatic heterocycles. The van der Waals surface area contributed by atoms with Gasteiger partial charge in [-0.1, -0.05) is 253 Å². The Bertz CT molecular complexity index is 1560. The quantitative estimate of drug-likeness (QED) is 0.160. The lowest BCUT2D eigenvalue weighted by molar-refractivity contribution is 0.657. The fraction of sp³-hybridized carbons (Fsp3) is 0.321. The molecule has 53 heavy (non-hydrogen) atoms. The Morgan fingerprint density at radius 2 is 0.585 bits per heavy atom. The fourth-order valence-corrected chi connectivity index (χ4v) is 6.57. The summed E-state index contributed by atoms with van der Waals surface area (Å²) in [6.07, 6.45) is 1.04. The van der Waals surface area contributed by atoms with E-state index in [0.29, 0.717) is 0 Å². The van der Waals surface area contributed by atoms with E-state index >= 15 is 0 Å². The summed E-state index contributed by atoms with van der Waals surface area (Å²) in [6.45, 7) is 28.7. The minimum Gasteiger partial charge on any atom is -0.0683 e. The molecule has 0 amide bonds. The highest BCUT2D eigenvalue weighted by Gasteiger charge is 2.37. The molecule has 0 heteroatoms. The first-order valence-electron chi connectivity index (χ1n) is 20.5. The smallest absolute Gasteiger partial charge is 0.0428 e. The second kappa shape index (κ2) is 27.9. The van der Waals surface area contributed by atoms with Gasteiger partial charge in [0.15, 0.2) is 0 Å². The Morgan fingerprint density at radius 3 is 0.887 bits per heavy atom. The third-order valence-corrected chi connectivity index (χ3v) is 8.90. The minimum atomic E-state index is -0.121. The largest absolute Gasteiger partial charge is 0.0683 e. The van der Waals surface area contributed by atoms with Crippen molar-refractivity contribution >= 4 is 0 Å². The van der Waals surface area contributed by atoms with E-state index in [1.807, 2.05) is 83.1 Å². The third kappa shape index (κ3) is 12.2. The average molecular weight is 709 g/mol. The summed E-state index contributed by atoms with van der Waals surface area (Å²) < 4.78 is 0. The predicted molar refractivity (Wildman–Crippen MR) is 241 cm³/mol. The third-order valence-electron chi connectivity index (χ3n) is 8.90. The molecule has 6 aromatic rings. The molecule has 0 bridgehead atoms. The van der Waals surface area contributed by atoms with Gasteiger partial charge in [0, 0.05) is 10.8 Å². The molecule has 0 saturated carbocycles. The first kappa shape index (κ1) is 48.3. The van der Waals surface area contributed by atoms with Crippen molar-refractivity contribution in [1.82, 2.24) is 0 Å². The van der Waals surface area contributed by atoms with E-state index in [1.165, 1.54) is 44.5 Å². The summed E-state index contributed by atoms with van der Waals surface area (Å²) in [5, 5.41) is 0. The van der Waals surface area contributed by atoms with Gasteiger partial charge < -0.3 is 0 Å². The molecular weight excluding hydrogens is 637 g/mol. The van der Waals surface area contributed by atoms with Gasteiger partial charge in [-0.05, 0) is 64.8 Å². The average Bonchev–Trinajstić information content (AvgIpc) is 3.29. The van der Waals surface area contributed by atoms with Gasteiger partial charge in [-0.3, -0.25) is 0 Å². The predicted octanol–water partition coefficient (Wildman–Crippen LogP) is 16.1. The maximum Gasteiger partial charge on any atom is 0.0428 e. The number of hydrogen-bond donors (Lipinski definition) is 0. The molecule has 6 aromatic carbocycles. The lowest BCUT2D eigenvalue weighted by Gasteiger charge is -2.38. The summed E-state index contributed by atoms with van der Waals surface area (Å²) in [6, 6.07) is 60.7. The molecule has 284 valence electrons. The lowest BCUT2D eigenvalue weighted by Crippen LogP contribution is -2.31. The zero-order chi connectivity index (χ0) is 40.1. The Kier molecular flexibility index (Phi) is 25.4. The van der Waals surface area contributed by atoms with Crippen molar-refractivity contribution in [3.63, 3.8) is 0 Å². The molecule has 0 saturated heterocycles. The van der Waals surface area contributed by atoms with Crippen LogP contribution in [-0.4, -0.2) is 0 Å². The van der Waals surface area contributed by atoms with Crippen LogP contribution < -0.4 is 0 Å². The Balaban J connectivity index is 0.000000798. The molecule has 0 heterocycles. The van der Waals surface area contributed by atoms with Crippen LogP contribution in [0.5, 0.6) is 0 Å². The molecule has 0 nitrogen and oxygen atoms in total. The molecule has 1 aliphatic rings. The standard InChI is InChI=1S/C21H18.C20H18.6C2H6/c1-21(18-11-3-2-4-12-18)19-13-7-5-9-16(19)15-17-10-6-8-14-20(17)21;1-20(17-11-5-2-6-12-17,18-13-7-3-8-14-18)19-15-9-4-10-16-19;6*1-2/h2-14H,15H2,1H3;2-16H,1H3;6*1-2H3. The van der Waals surface area contributed by atoms with Crippen molar-refractivity contribution in [3.05, 3.63) is 214 Å². The van der Waals surface area contributed by atoms with Crippen LogP contribution in [0.3, 0.4) is 0 Å². The molecule has 7 rings (SSSR count). The van der Waals surface area contributed by atoms with Crippen molar-refractivity contribution in [2.24, 2.45) is 0 Å². The van der Waals surface area contributed by atoms with Crippen LogP contribution in [-0.2, 0) is 17.3 Å². The van der Waals surface area contributed by atoms with Crippen LogP contribution in [0, 0.1) is 0 Å². The Hall–Kier alpha value is -4.68. The summed E-state index contributed by atoms with van der Waals surface area (Å²) in [5.74, 6) is 0. The molecule has 0 spiro atoms. The maximum absolute atomic E-state index is 2.36. The number of fused-ring (bicyclic) bond motifs is 2. The van der Waals surface area contributed by atoms with Crippen molar-refractivity contribution in [2.45, 2.75) is 114 Å². The van der Waals surface area contributed by atoms with Gasteiger partial charge in [0.1, 0.15) is 0 Å². The first-order valence-corrected chi connectivity index (χ1v) is 20.5. The maximum atomic E-state index is 2.36. The van der Waals surface area contributed by atoms with Gasteiger partial charge >= 0.3 is 0 Å². The molecule has 1 aliphatic carbocycles. The van der Waals surface area contributed by atoms with Gasteiger partial charge in [0.05, 0.1) is 0 Å². The molecule has 0 N–H and O–H groups in total. The minimum absolute atomic E-state index is 0.0628. The van der Waals surface area contributed by atoms with Gasteiger partial charge in [0.25, 0.3) is 0 Å². The lowest BCUT2D eigenvalue weighted by atomic mass is 9.64. The van der Waals surface area contributed by atoms with Gasteiger partial charge in [0.2, 0.25) is 0 Å². The summed E-state index contributed by atoms with van der Waals surface area (Å²) >= 11 is 0. The van der Waals surface area contributed by atoms with Crippen molar-refractivity contribution in [3.8, 4) is 0 Å². The van der Waals surface area contributed by atoms with E-state index < -0.39 is 0 Å². The molecule has 0 unspecified atom stereocenters. The summed E-state index contributed by atoms with van der Waals surface area (Å²) in [5.41, 5.74) is 10.9. The second-order valence-corrected chi connectivity index (χ2v) is 11.2. The topological polar surface area (TPSA) is 0 Å². The number of rotatable bonds is 4. The monoisotopic (exact) mass is 709 g/mol. The van der Waals surface area contributed by atoms with Crippen LogP contribution in [0.4, 0.5) is 0 Å². The van der Waals surface area contributed by atoms with Crippen LogP contribution in [0.2, 0.25) is 0 Å². The normalized spacial score (nSPS) is 10.9. The van der Waals surface area contributed by atoms with E-state index in [1.54, 1.807) is 0 Å². The molecular formula is C53H72. The van der Waals surface area contributed by atoms with E-state index in [4.69, 9.17) is 0 Å². The highest BCUT2D eigenvalue weighted by atomic mass is 14.4. The van der Waals surface area contributed by atoms with Crippen LogP contribution in [0.15, 0.2) is 170 Å². The fourth-order valence-electron chi connectivity index (χ4n) is 6.57. The Morgan fingerprint density at radius 1 is 0.340 bits per heavy atom. The zero-order valence-electron chi connectivity index (χ0n) is 35.9. The van der Waals surface area contributed by atoms with Gasteiger partial charge in [-0.2, -0.15) is 0 Å². The summed E-state index contributed by atoms with van der Waals surface area (Å²) in [4.78, 5) is 0. The van der Waals surface area contributed by atoms with Crippen molar-refractivity contribution in [2.75, 3.05) is 0 Å². The van der Waals surface area contributed by atoms with Crippen LogP contribution >= 0.6 is 0 Å². The molecule has 0 fully saturated rings. The van der Waals surface area contributed by atoms with E-state index in [-0.39, 0.29) is 10.8 Å². The van der Waals surface area contributed by atoms with E-state index in [9.17, 15) is 0 Å². The van der Waals surface area contributed by atoms with Gasteiger partial charge in [-0.25, -0.2) is 0 Å². The molecule has 0 radical (unpaired) electrons.